The zero-order valence-electron chi connectivity index (χ0n) is 13.0. The molecule has 0 aliphatic heterocycles. The smallest absolute Gasteiger partial charge is 0.288 e. The third-order valence-corrected chi connectivity index (χ3v) is 3.87. The fraction of sp³-hybridized carbons (Fsp3) is 0.176. The van der Waals surface area contributed by atoms with Crippen molar-refractivity contribution in [1.29, 1.82) is 0 Å². The Morgan fingerprint density at radius 1 is 1.04 bits per heavy atom. The maximum absolute atomic E-state index is 13.1. The summed E-state index contributed by atoms with van der Waals surface area (Å²) >= 11 is 0.324. The van der Waals surface area contributed by atoms with Gasteiger partial charge in [0.2, 0.25) is 11.8 Å². The molecule has 132 valence electrons. The first-order valence-electron chi connectivity index (χ1n) is 7.29. The van der Waals surface area contributed by atoms with E-state index in [2.05, 4.69) is 10.6 Å². The molecule has 0 saturated carbocycles. The summed E-state index contributed by atoms with van der Waals surface area (Å²) in [6.45, 7) is -0.318. The number of thioether (sulfide) groups is 1. The number of carbonyl (C=O) groups excluding carboxylic acids is 2. The highest BCUT2D eigenvalue weighted by Crippen LogP contribution is 2.31. The Bertz CT molecular complexity index is 756. The predicted octanol–water partition coefficient (Wildman–Crippen LogP) is 3.44. The van der Waals surface area contributed by atoms with Crippen molar-refractivity contribution in [2.45, 2.75) is 17.1 Å². The van der Waals surface area contributed by atoms with E-state index in [0.29, 0.717) is 17.3 Å². The van der Waals surface area contributed by atoms with Crippen LogP contribution < -0.4 is 10.6 Å². The molecule has 25 heavy (non-hydrogen) atoms. The van der Waals surface area contributed by atoms with E-state index in [-0.39, 0.29) is 23.5 Å². The monoisotopic (exact) mass is 368 g/mol. The summed E-state index contributed by atoms with van der Waals surface area (Å²) in [6.07, 6.45) is -0.0666. The lowest BCUT2D eigenvalue weighted by Crippen LogP contribution is -2.33. The Labute approximate surface area is 146 Å². The SMILES string of the molecule is O=C(Cc1cccc(F)c1)NCC(=O)Nc1ccccc1SC(F)F. The van der Waals surface area contributed by atoms with Crippen LogP contribution in [0.4, 0.5) is 18.9 Å². The molecule has 0 saturated heterocycles. The number of halogens is 3. The number of nitrogens with one attached hydrogen (secondary N) is 2. The van der Waals surface area contributed by atoms with Gasteiger partial charge in [-0.15, -0.1) is 0 Å². The van der Waals surface area contributed by atoms with Crippen LogP contribution in [0.25, 0.3) is 0 Å². The molecule has 4 nitrogen and oxygen atoms in total. The Hall–Kier alpha value is -2.48. The van der Waals surface area contributed by atoms with E-state index < -0.39 is 23.4 Å². The Morgan fingerprint density at radius 3 is 2.52 bits per heavy atom. The quantitative estimate of drug-likeness (QED) is 0.736. The third kappa shape index (κ3) is 6.50. The lowest BCUT2D eigenvalue weighted by Gasteiger charge is -2.11. The van der Waals surface area contributed by atoms with Gasteiger partial charge in [-0.1, -0.05) is 36.0 Å². The molecule has 0 aliphatic rings. The number of amides is 2. The second-order valence-corrected chi connectivity index (χ2v) is 6.04. The molecule has 2 aromatic rings. The van der Waals surface area contributed by atoms with Crippen molar-refractivity contribution in [2.24, 2.45) is 0 Å². The van der Waals surface area contributed by atoms with Crippen LogP contribution >= 0.6 is 11.8 Å². The fourth-order valence-corrected chi connectivity index (χ4v) is 2.63. The summed E-state index contributed by atoms with van der Waals surface area (Å²) in [7, 11) is 0. The van der Waals surface area contributed by atoms with Crippen LogP contribution in [0, 0.1) is 5.82 Å². The number of rotatable bonds is 7. The number of anilines is 1. The van der Waals surface area contributed by atoms with Crippen LogP contribution in [0.1, 0.15) is 5.56 Å². The Kier molecular flexibility index (Phi) is 6.88. The molecule has 2 N–H and O–H groups in total. The van der Waals surface area contributed by atoms with Gasteiger partial charge in [0.1, 0.15) is 5.82 Å². The summed E-state index contributed by atoms with van der Waals surface area (Å²) in [5.41, 5.74) is 0.730. The number of para-hydroxylation sites is 1. The lowest BCUT2D eigenvalue weighted by atomic mass is 10.1. The van der Waals surface area contributed by atoms with Gasteiger partial charge in [0.05, 0.1) is 18.7 Å². The van der Waals surface area contributed by atoms with Gasteiger partial charge in [-0.25, -0.2) is 4.39 Å². The van der Waals surface area contributed by atoms with Crippen molar-refractivity contribution in [3.05, 3.63) is 59.9 Å². The van der Waals surface area contributed by atoms with Crippen molar-refractivity contribution < 1.29 is 22.8 Å². The molecular weight excluding hydrogens is 353 g/mol. The third-order valence-electron chi connectivity index (χ3n) is 3.08. The normalized spacial score (nSPS) is 10.6. The van der Waals surface area contributed by atoms with Crippen molar-refractivity contribution in [3.63, 3.8) is 0 Å². The minimum absolute atomic E-state index is 0.0666. The van der Waals surface area contributed by atoms with Crippen LogP contribution in [0.3, 0.4) is 0 Å². The maximum atomic E-state index is 13.1. The molecule has 0 unspecified atom stereocenters. The molecule has 0 fully saturated rings. The number of hydrogen-bond acceptors (Lipinski definition) is 3. The summed E-state index contributed by atoms with van der Waals surface area (Å²) < 4.78 is 38.0. The average molecular weight is 368 g/mol. The molecule has 0 bridgehead atoms. The Morgan fingerprint density at radius 2 is 1.80 bits per heavy atom. The summed E-state index contributed by atoms with van der Waals surface area (Å²) in [5, 5.41) is 4.88. The van der Waals surface area contributed by atoms with Gasteiger partial charge >= 0.3 is 0 Å². The molecule has 8 heteroatoms. The van der Waals surface area contributed by atoms with E-state index in [1.807, 2.05) is 0 Å². The number of carbonyl (C=O) groups is 2. The molecular formula is C17H15F3N2O2S. The second-order valence-electron chi connectivity index (χ2n) is 5.01. The van der Waals surface area contributed by atoms with Gasteiger partial charge in [-0.2, -0.15) is 8.78 Å². The van der Waals surface area contributed by atoms with Crippen molar-refractivity contribution in [2.75, 3.05) is 11.9 Å². The molecule has 0 aromatic heterocycles. The zero-order chi connectivity index (χ0) is 18.2. The van der Waals surface area contributed by atoms with E-state index in [1.54, 1.807) is 18.2 Å². The minimum atomic E-state index is -2.61. The van der Waals surface area contributed by atoms with Crippen LogP contribution in [0.5, 0.6) is 0 Å². The number of benzene rings is 2. The first-order chi connectivity index (χ1) is 11.9. The van der Waals surface area contributed by atoms with Crippen LogP contribution in [0.15, 0.2) is 53.4 Å². The van der Waals surface area contributed by atoms with Gasteiger partial charge in [-0.05, 0) is 29.8 Å². The Balaban J connectivity index is 1.85. The number of alkyl halides is 2. The maximum Gasteiger partial charge on any atom is 0.288 e. The highest BCUT2D eigenvalue weighted by atomic mass is 32.2. The zero-order valence-corrected chi connectivity index (χ0v) is 13.8. The van der Waals surface area contributed by atoms with Crippen LogP contribution in [-0.2, 0) is 16.0 Å². The molecule has 0 spiro atoms. The van der Waals surface area contributed by atoms with Crippen molar-refractivity contribution in [1.82, 2.24) is 5.32 Å². The summed E-state index contributed by atoms with van der Waals surface area (Å²) in [6, 6.07) is 11.7. The molecule has 2 aromatic carbocycles. The van der Waals surface area contributed by atoms with E-state index in [1.165, 1.54) is 30.3 Å². The van der Waals surface area contributed by atoms with Gasteiger partial charge in [0.15, 0.2) is 0 Å². The topological polar surface area (TPSA) is 58.2 Å². The van der Waals surface area contributed by atoms with Gasteiger partial charge in [-0.3, -0.25) is 9.59 Å². The fourth-order valence-electron chi connectivity index (χ4n) is 2.04. The molecule has 0 radical (unpaired) electrons. The van der Waals surface area contributed by atoms with Crippen molar-refractivity contribution >= 4 is 29.3 Å². The first kappa shape index (κ1) is 18.9. The molecule has 2 amide bonds. The largest absolute Gasteiger partial charge is 0.347 e. The van der Waals surface area contributed by atoms with E-state index in [9.17, 15) is 22.8 Å². The highest BCUT2D eigenvalue weighted by molar-refractivity contribution is 7.99. The predicted molar refractivity (Wildman–Crippen MR) is 90.0 cm³/mol. The average Bonchev–Trinajstić information content (AvgIpc) is 2.54. The number of hydrogen-bond donors (Lipinski definition) is 2. The summed E-state index contributed by atoms with van der Waals surface area (Å²) in [5.74, 6) is -4.05. The van der Waals surface area contributed by atoms with Gasteiger partial charge < -0.3 is 10.6 Å². The van der Waals surface area contributed by atoms with E-state index in [0.717, 1.165) is 0 Å². The van der Waals surface area contributed by atoms with Gasteiger partial charge in [0, 0.05) is 4.90 Å². The summed E-state index contributed by atoms with van der Waals surface area (Å²) in [4.78, 5) is 23.9. The van der Waals surface area contributed by atoms with E-state index in [4.69, 9.17) is 0 Å². The molecule has 0 aliphatic carbocycles. The van der Waals surface area contributed by atoms with Gasteiger partial charge in [0.25, 0.3) is 5.76 Å². The first-order valence-corrected chi connectivity index (χ1v) is 8.17. The van der Waals surface area contributed by atoms with Crippen molar-refractivity contribution in [3.8, 4) is 0 Å². The van der Waals surface area contributed by atoms with Crippen LogP contribution in [-0.4, -0.2) is 24.1 Å². The molecule has 0 atom stereocenters. The van der Waals surface area contributed by atoms with Crippen LogP contribution in [0.2, 0.25) is 0 Å². The minimum Gasteiger partial charge on any atom is -0.347 e. The molecule has 2 rings (SSSR count). The highest BCUT2D eigenvalue weighted by Gasteiger charge is 2.12. The van der Waals surface area contributed by atoms with E-state index >= 15 is 0 Å². The standard InChI is InChI=1S/C17H15F3N2O2S/c18-12-5-3-4-11(8-12)9-15(23)21-10-16(24)22-13-6-1-2-7-14(13)25-17(19)20/h1-8,17H,9-10H2,(H,21,23)(H,22,24). The second kappa shape index (κ2) is 9.12. The lowest BCUT2D eigenvalue weighted by molar-refractivity contribution is -0.123. The molecule has 0 heterocycles.